The average Bonchev–Trinajstić information content (AvgIpc) is 2.72. The Bertz CT molecular complexity index is 864. The molecule has 0 spiro atoms. The molecule has 0 unspecified atom stereocenters. The number of piperazine rings is 1. The van der Waals surface area contributed by atoms with Crippen molar-refractivity contribution in [2.75, 3.05) is 51.6 Å². The van der Waals surface area contributed by atoms with E-state index in [0.717, 1.165) is 32.7 Å². The van der Waals surface area contributed by atoms with E-state index in [-0.39, 0.29) is 24.9 Å². The summed E-state index contributed by atoms with van der Waals surface area (Å²) in [5.41, 5.74) is 3.33. The van der Waals surface area contributed by atoms with Crippen LogP contribution in [0.3, 0.4) is 0 Å². The highest BCUT2D eigenvalue weighted by atomic mass is 35.5. The molecular formula is C23H29ClN4O2. The topological polar surface area (TPSA) is 55.9 Å². The minimum absolute atomic E-state index is 0.0623. The molecule has 3 rings (SSSR count). The quantitative estimate of drug-likeness (QED) is 0.736. The summed E-state index contributed by atoms with van der Waals surface area (Å²) in [5.74, 6) is -0.0944. The maximum atomic E-state index is 12.6. The van der Waals surface area contributed by atoms with Gasteiger partial charge in [0.2, 0.25) is 11.8 Å². The van der Waals surface area contributed by atoms with Gasteiger partial charge in [-0.05, 0) is 49.4 Å². The Hall–Kier alpha value is -2.41. The van der Waals surface area contributed by atoms with E-state index in [1.165, 1.54) is 11.1 Å². The summed E-state index contributed by atoms with van der Waals surface area (Å²) < 4.78 is 0. The van der Waals surface area contributed by atoms with Crippen LogP contribution in [0.4, 0.5) is 5.69 Å². The lowest BCUT2D eigenvalue weighted by Gasteiger charge is -2.35. The second-order valence-electron chi connectivity index (χ2n) is 7.81. The molecule has 0 aromatic heterocycles. The number of rotatable bonds is 7. The van der Waals surface area contributed by atoms with Crippen LogP contribution in [0.2, 0.25) is 5.02 Å². The first kappa shape index (κ1) is 22.3. The lowest BCUT2D eigenvalue weighted by molar-refractivity contribution is -0.134. The summed E-state index contributed by atoms with van der Waals surface area (Å²) >= 11 is 5.85. The second kappa shape index (κ2) is 10.6. The van der Waals surface area contributed by atoms with Gasteiger partial charge >= 0.3 is 0 Å². The third kappa shape index (κ3) is 6.55. The molecule has 0 atom stereocenters. The zero-order valence-electron chi connectivity index (χ0n) is 17.6. The fourth-order valence-electron chi connectivity index (χ4n) is 3.55. The summed E-state index contributed by atoms with van der Waals surface area (Å²) in [6, 6.07) is 15.4. The van der Waals surface area contributed by atoms with Gasteiger partial charge in [-0.1, -0.05) is 35.9 Å². The van der Waals surface area contributed by atoms with Crippen LogP contribution in [0.25, 0.3) is 0 Å². The molecule has 160 valence electrons. The Morgan fingerprint density at radius 2 is 1.67 bits per heavy atom. The number of carbonyl (C=O) groups is 2. The molecular weight excluding hydrogens is 400 g/mol. The maximum Gasteiger partial charge on any atom is 0.238 e. The molecule has 6 nitrogen and oxygen atoms in total. The van der Waals surface area contributed by atoms with Gasteiger partial charge in [-0.2, -0.15) is 0 Å². The average molecular weight is 429 g/mol. The Kier molecular flexibility index (Phi) is 7.85. The molecule has 1 heterocycles. The summed E-state index contributed by atoms with van der Waals surface area (Å²) in [6.07, 6.45) is 0. The molecule has 0 saturated carbocycles. The zero-order valence-corrected chi connectivity index (χ0v) is 18.4. The number of nitrogens with zero attached hydrogens (tertiary/aromatic N) is 3. The number of carbonyl (C=O) groups excluding carboxylic acids is 2. The Labute approximate surface area is 183 Å². The number of halogens is 1. The molecule has 0 aliphatic carbocycles. The van der Waals surface area contributed by atoms with Crippen molar-refractivity contribution in [3.63, 3.8) is 0 Å². The summed E-state index contributed by atoms with van der Waals surface area (Å²) in [6.45, 7) is 6.59. The van der Waals surface area contributed by atoms with Gasteiger partial charge in [0, 0.05) is 43.4 Å². The van der Waals surface area contributed by atoms with Gasteiger partial charge in [0.25, 0.3) is 0 Å². The first-order valence-corrected chi connectivity index (χ1v) is 10.6. The molecule has 30 heavy (non-hydrogen) atoms. The number of hydrogen-bond acceptors (Lipinski definition) is 4. The number of aryl methyl sites for hydroxylation is 1. The first-order valence-electron chi connectivity index (χ1n) is 10.2. The van der Waals surface area contributed by atoms with Crippen LogP contribution in [0.5, 0.6) is 0 Å². The minimum Gasteiger partial charge on any atom is -0.339 e. The van der Waals surface area contributed by atoms with Gasteiger partial charge in [-0.25, -0.2) is 0 Å². The largest absolute Gasteiger partial charge is 0.339 e. The van der Waals surface area contributed by atoms with Crippen molar-refractivity contribution in [3.05, 3.63) is 64.7 Å². The predicted octanol–water partition coefficient (Wildman–Crippen LogP) is 2.86. The van der Waals surface area contributed by atoms with Gasteiger partial charge in [0.1, 0.15) is 0 Å². The predicted molar refractivity (Wildman–Crippen MR) is 121 cm³/mol. The van der Waals surface area contributed by atoms with Crippen LogP contribution in [-0.2, 0) is 16.1 Å². The second-order valence-corrected chi connectivity index (χ2v) is 8.25. The van der Waals surface area contributed by atoms with Gasteiger partial charge < -0.3 is 10.2 Å². The summed E-state index contributed by atoms with van der Waals surface area (Å²) in [5, 5.41) is 3.44. The van der Waals surface area contributed by atoms with E-state index in [9.17, 15) is 9.59 Å². The van der Waals surface area contributed by atoms with Crippen LogP contribution in [-0.4, -0.2) is 72.8 Å². The van der Waals surface area contributed by atoms with E-state index in [1.807, 2.05) is 4.90 Å². The number of nitrogens with one attached hydrogen (secondary N) is 1. The Balaban J connectivity index is 1.40. The molecule has 2 aromatic rings. The van der Waals surface area contributed by atoms with E-state index in [2.05, 4.69) is 41.4 Å². The van der Waals surface area contributed by atoms with Crippen molar-refractivity contribution >= 4 is 29.1 Å². The van der Waals surface area contributed by atoms with Crippen molar-refractivity contribution in [1.82, 2.24) is 14.7 Å². The maximum absolute atomic E-state index is 12.6. The van der Waals surface area contributed by atoms with Gasteiger partial charge in [0.05, 0.1) is 13.1 Å². The molecule has 1 aliphatic heterocycles. The van der Waals surface area contributed by atoms with Crippen LogP contribution < -0.4 is 5.32 Å². The molecule has 1 aliphatic rings. The smallest absolute Gasteiger partial charge is 0.238 e. The van der Waals surface area contributed by atoms with Crippen LogP contribution in [0.15, 0.2) is 48.5 Å². The minimum atomic E-state index is -0.157. The highest BCUT2D eigenvalue weighted by Crippen LogP contribution is 2.14. The van der Waals surface area contributed by atoms with Crippen LogP contribution in [0.1, 0.15) is 11.1 Å². The molecule has 0 radical (unpaired) electrons. The number of hydrogen-bond donors (Lipinski definition) is 1. The van der Waals surface area contributed by atoms with Crippen LogP contribution in [0, 0.1) is 6.92 Å². The van der Waals surface area contributed by atoms with Crippen molar-refractivity contribution in [2.45, 2.75) is 13.5 Å². The number of benzene rings is 2. The number of amides is 2. The van der Waals surface area contributed by atoms with Crippen molar-refractivity contribution in [3.8, 4) is 0 Å². The van der Waals surface area contributed by atoms with E-state index in [0.29, 0.717) is 10.7 Å². The van der Waals surface area contributed by atoms with Crippen molar-refractivity contribution < 1.29 is 9.59 Å². The number of anilines is 1. The summed E-state index contributed by atoms with van der Waals surface area (Å²) in [4.78, 5) is 30.8. The normalized spacial score (nSPS) is 14.7. The third-order valence-corrected chi connectivity index (χ3v) is 5.58. The SMILES string of the molecule is Cc1ccccc1CN1CCN(C(=O)CN(C)CC(=O)Nc2ccc(Cl)cc2)CC1. The highest BCUT2D eigenvalue weighted by Gasteiger charge is 2.22. The third-order valence-electron chi connectivity index (χ3n) is 5.33. The first-order chi connectivity index (χ1) is 14.4. The molecule has 2 amide bonds. The standard InChI is InChI=1S/C23H29ClN4O2/c1-18-5-3-4-6-19(18)15-27-11-13-28(14-12-27)23(30)17-26(2)16-22(29)25-21-9-7-20(24)8-10-21/h3-10H,11-17H2,1-2H3,(H,25,29). The highest BCUT2D eigenvalue weighted by molar-refractivity contribution is 6.30. The lowest BCUT2D eigenvalue weighted by Crippen LogP contribution is -2.51. The van der Waals surface area contributed by atoms with Gasteiger partial charge in [-0.15, -0.1) is 0 Å². The lowest BCUT2D eigenvalue weighted by atomic mass is 10.1. The van der Waals surface area contributed by atoms with Crippen LogP contribution >= 0.6 is 11.6 Å². The molecule has 7 heteroatoms. The fourth-order valence-corrected chi connectivity index (χ4v) is 3.68. The Morgan fingerprint density at radius 1 is 1.00 bits per heavy atom. The molecule has 1 fully saturated rings. The van der Waals surface area contributed by atoms with Crippen molar-refractivity contribution in [2.24, 2.45) is 0 Å². The molecule has 2 aromatic carbocycles. The van der Waals surface area contributed by atoms with E-state index < -0.39 is 0 Å². The zero-order chi connectivity index (χ0) is 21.5. The summed E-state index contributed by atoms with van der Waals surface area (Å²) in [7, 11) is 1.79. The molecule has 1 saturated heterocycles. The number of likely N-dealkylation sites (N-methyl/N-ethyl adjacent to an activating group) is 1. The Morgan fingerprint density at radius 3 is 2.33 bits per heavy atom. The van der Waals surface area contributed by atoms with Gasteiger partial charge in [0.15, 0.2) is 0 Å². The molecule has 1 N–H and O–H groups in total. The van der Waals surface area contributed by atoms with E-state index in [1.54, 1.807) is 36.2 Å². The van der Waals surface area contributed by atoms with Gasteiger partial charge in [-0.3, -0.25) is 19.4 Å². The fraction of sp³-hybridized carbons (Fsp3) is 0.391. The van der Waals surface area contributed by atoms with Crippen molar-refractivity contribution in [1.29, 1.82) is 0 Å². The monoisotopic (exact) mass is 428 g/mol. The van der Waals surface area contributed by atoms with E-state index in [4.69, 9.17) is 11.6 Å². The van der Waals surface area contributed by atoms with E-state index >= 15 is 0 Å². The molecule has 0 bridgehead atoms.